The quantitative estimate of drug-likeness (QED) is 0.367. The summed E-state index contributed by atoms with van der Waals surface area (Å²) < 4.78 is 16.1. The van der Waals surface area contributed by atoms with Crippen molar-refractivity contribution in [1.29, 1.82) is 0 Å². The molecule has 1 saturated heterocycles. The Bertz CT molecular complexity index is 492. The van der Waals surface area contributed by atoms with Crippen LogP contribution in [0.25, 0.3) is 0 Å². The predicted octanol–water partition coefficient (Wildman–Crippen LogP) is 0.555. The molecule has 1 aromatic carbocycles. The minimum Gasteiger partial charge on any atom is -0.492 e. The zero-order valence-electron chi connectivity index (χ0n) is 14.3. The van der Waals surface area contributed by atoms with Gasteiger partial charge in [0.25, 0.3) is 0 Å². The number of carbonyl (C=O) groups excluding carboxylic acids is 1. The van der Waals surface area contributed by atoms with E-state index < -0.39 is 0 Å². The van der Waals surface area contributed by atoms with Gasteiger partial charge in [0.05, 0.1) is 19.8 Å². The second kappa shape index (κ2) is 11.0. The molecular formula is C17H27N3O4. The highest BCUT2D eigenvalue weighted by molar-refractivity contribution is 5.71. The molecule has 1 aromatic rings. The number of para-hydroxylation sites is 1. The highest BCUT2D eigenvalue weighted by atomic mass is 16.5. The molecule has 1 heterocycles. The first-order valence-electron chi connectivity index (χ1n) is 8.41. The molecule has 0 aromatic heterocycles. The van der Waals surface area contributed by atoms with E-state index in [0.717, 1.165) is 44.2 Å². The number of esters is 1. The summed E-state index contributed by atoms with van der Waals surface area (Å²) in [6.07, 6.45) is 0. The van der Waals surface area contributed by atoms with Crippen molar-refractivity contribution in [1.82, 2.24) is 15.8 Å². The predicted molar refractivity (Wildman–Crippen MR) is 90.7 cm³/mol. The fourth-order valence-electron chi connectivity index (χ4n) is 2.40. The van der Waals surface area contributed by atoms with E-state index >= 15 is 0 Å². The number of nitrogens with zero attached hydrogens (tertiary/aromatic N) is 1. The molecule has 0 bridgehead atoms. The third-order valence-electron chi connectivity index (χ3n) is 3.68. The lowest BCUT2D eigenvalue weighted by atomic mass is 10.2. The van der Waals surface area contributed by atoms with Gasteiger partial charge in [-0.3, -0.25) is 15.1 Å². The van der Waals surface area contributed by atoms with E-state index in [-0.39, 0.29) is 12.5 Å². The molecular weight excluding hydrogens is 310 g/mol. The Labute approximate surface area is 143 Å². The highest BCUT2D eigenvalue weighted by Crippen LogP contribution is 2.17. The Morgan fingerprint density at radius 3 is 2.83 bits per heavy atom. The van der Waals surface area contributed by atoms with Gasteiger partial charge >= 0.3 is 5.97 Å². The molecule has 0 aliphatic carbocycles. The Hall–Kier alpha value is -1.67. The van der Waals surface area contributed by atoms with Crippen molar-refractivity contribution in [2.45, 2.75) is 13.5 Å². The van der Waals surface area contributed by atoms with Gasteiger partial charge in [0, 0.05) is 31.7 Å². The van der Waals surface area contributed by atoms with Crippen molar-refractivity contribution in [2.75, 3.05) is 52.6 Å². The number of benzene rings is 1. The molecule has 0 radical (unpaired) electrons. The van der Waals surface area contributed by atoms with Crippen LogP contribution in [0.5, 0.6) is 5.75 Å². The average Bonchev–Trinajstić information content (AvgIpc) is 2.61. The van der Waals surface area contributed by atoms with Crippen LogP contribution in [0.15, 0.2) is 24.3 Å². The molecule has 2 rings (SSSR count). The molecule has 2 N–H and O–H groups in total. The summed E-state index contributed by atoms with van der Waals surface area (Å²) in [4.78, 5) is 13.6. The van der Waals surface area contributed by atoms with Crippen LogP contribution in [0, 0.1) is 0 Å². The van der Waals surface area contributed by atoms with Gasteiger partial charge < -0.3 is 14.2 Å². The lowest BCUT2D eigenvalue weighted by Crippen LogP contribution is -2.38. The molecule has 0 amide bonds. The summed E-state index contributed by atoms with van der Waals surface area (Å²) in [5, 5.41) is 0. The average molecular weight is 337 g/mol. The normalized spacial score (nSPS) is 15.2. The first-order chi connectivity index (χ1) is 11.8. The van der Waals surface area contributed by atoms with Crippen molar-refractivity contribution < 1.29 is 19.0 Å². The van der Waals surface area contributed by atoms with Gasteiger partial charge in [-0.05, 0) is 13.0 Å². The maximum Gasteiger partial charge on any atom is 0.321 e. The van der Waals surface area contributed by atoms with E-state index in [1.807, 2.05) is 24.3 Å². The van der Waals surface area contributed by atoms with Crippen molar-refractivity contribution in [3.05, 3.63) is 29.8 Å². The lowest BCUT2D eigenvalue weighted by molar-refractivity contribution is -0.142. The minimum absolute atomic E-state index is 0.133. The van der Waals surface area contributed by atoms with Crippen LogP contribution in [0.4, 0.5) is 0 Å². The summed E-state index contributed by atoms with van der Waals surface area (Å²) >= 11 is 0. The SMILES string of the molecule is CCOC(=O)CNNCc1ccccc1OCCN1CCOCC1. The smallest absolute Gasteiger partial charge is 0.321 e. The van der Waals surface area contributed by atoms with Crippen LogP contribution < -0.4 is 15.6 Å². The summed E-state index contributed by atoms with van der Waals surface area (Å²) in [6, 6.07) is 7.89. The number of hydrogen-bond donors (Lipinski definition) is 2. The van der Waals surface area contributed by atoms with Gasteiger partial charge in [-0.15, -0.1) is 0 Å². The van der Waals surface area contributed by atoms with Gasteiger partial charge in [-0.25, -0.2) is 5.43 Å². The minimum atomic E-state index is -0.278. The number of carbonyl (C=O) groups is 1. The first-order valence-corrected chi connectivity index (χ1v) is 8.41. The third-order valence-corrected chi connectivity index (χ3v) is 3.68. The Balaban J connectivity index is 1.70. The van der Waals surface area contributed by atoms with E-state index in [1.165, 1.54) is 0 Å². The van der Waals surface area contributed by atoms with Gasteiger partial charge in [0.2, 0.25) is 0 Å². The highest BCUT2D eigenvalue weighted by Gasteiger charge is 2.10. The van der Waals surface area contributed by atoms with Crippen molar-refractivity contribution in [3.63, 3.8) is 0 Å². The molecule has 0 unspecified atom stereocenters. The van der Waals surface area contributed by atoms with Crippen molar-refractivity contribution in [3.8, 4) is 5.75 Å². The third kappa shape index (κ3) is 6.84. The monoisotopic (exact) mass is 337 g/mol. The maximum atomic E-state index is 11.3. The zero-order chi connectivity index (χ0) is 17.0. The Kier molecular flexibility index (Phi) is 8.54. The van der Waals surface area contributed by atoms with Crippen molar-refractivity contribution >= 4 is 5.97 Å². The number of ether oxygens (including phenoxy) is 3. The largest absolute Gasteiger partial charge is 0.492 e. The molecule has 1 aliphatic heterocycles. The number of hydrazine groups is 1. The number of morpholine rings is 1. The van der Waals surface area contributed by atoms with Crippen LogP contribution in [0.1, 0.15) is 12.5 Å². The van der Waals surface area contributed by atoms with Crippen molar-refractivity contribution in [2.24, 2.45) is 0 Å². The topological polar surface area (TPSA) is 72.1 Å². The van der Waals surface area contributed by atoms with E-state index in [9.17, 15) is 4.79 Å². The second-order valence-electron chi connectivity index (χ2n) is 5.42. The molecule has 1 aliphatic rings. The first kappa shape index (κ1) is 18.7. The molecule has 24 heavy (non-hydrogen) atoms. The van der Waals surface area contributed by atoms with Gasteiger partial charge in [-0.1, -0.05) is 18.2 Å². The molecule has 7 nitrogen and oxygen atoms in total. The summed E-state index contributed by atoms with van der Waals surface area (Å²) in [5.41, 5.74) is 6.90. The number of hydrogen-bond acceptors (Lipinski definition) is 7. The Morgan fingerprint density at radius 2 is 2.04 bits per heavy atom. The van der Waals surface area contributed by atoms with E-state index in [4.69, 9.17) is 14.2 Å². The molecule has 134 valence electrons. The number of rotatable bonds is 10. The molecule has 0 spiro atoms. The molecule has 0 atom stereocenters. The molecule has 0 saturated carbocycles. The fourth-order valence-corrected chi connectivity index (χ4v) is 2.40. The Morgan fingerprint density at radius 1 is 1.25 bits per heavy atom. The second-order valence-corrected chi connectivity index (χ2v) is 5.42. The van der Waals surface area contributed by atoms with Crippen LogP contribution in [-0.2, 0) is 20.8 Å². The summed E-state index contributed by atoms with van der Waals surface area (Å²) in [5.74, 6) is 0.580. The summed E-state index contributed by atoms with van der Waals surface area (Å²) in [7, 11) is 0. The van der Waals surface area contributed by atoms with Crippen LogP contribution in [0.3, 0.4) is 0 Å². The molecule has 7 heteroatoms. The standard InChI is InChI=1S/C17H27N3O4/c1-2-23-17(21)14-19-18-13-15-5-3-4-6-16(15)24-12-9-20-7-10-22-11-8-20/h3-6,18-19H,2,7-14H2,1H3. The number of nitrogens with one attached hydrogen (secondary N) is 2. The molecule has 1 fully saturated rings. The van der Waals surface area contributed by atoms with Crippen LogP contribution in [-0.4, -0.2) is 63.5 Å². The van der Waals surface area contributed by atoms with Gasteiger partial charge in [0.15, 0.2) is 0 Å². The fraction of sp³-hybridized carbons (Fsp3) is 0.588. The van der Waals surface area contributed by atoms with E-state index in [1.54, 1.807) is 6.92 Å². The summed E-state index contributed by atoms with van der Waals surface area (Å²) in [6.45, 7) is 7.94. The van der Waals surface area contributed by atoms with E-state index in [0.29, 0.717) is 19.8 Å². The van der Waals surface area contributed by atoms with E-state index in [2.05, 4.69) is 15.8 Å². The zero-order valence-corrected chi connectivity index (χ0v) is 14.3. The van der Waals surface area contributed by atoms with Crippen LogP contribution >= 0.6 is 0 Å². The maximum absolute atomic E-state index is 11.3. The van der Waals surface area contributed by atoms with Crippen LogP contribution in [0.2, 0.25) is 0 Å². The van der Waals surface area contributed by atoms with Gasteiger partial charge in [0.1, 0.15) is 18.9 Å². The lowest BCUT2D eigenvalue weighted by Gasteiger charge is -2.26. The van der Waals surface area contributed by atoms with Gasteiger partial charge in [-0.2, -0.15) is 0 Å².